The first-order valence-electron chi connectivity index (χ1n) is 12.0. The molecular formula is C27H34N2O3. The SMILES string of the molecule is CCOc1ccc(-c2ccc3c(c2)CC(C)(C)C3NC(=O)O[C@H]2CN3CCC2CC3)cc1. The summed E-state index contributed by atoms with van der Waals surface area (Å²) in [6.07, 6.45) is 2.97. The van der Waals surface area contributed by atoms with Gasteiger partial charge in [0, 0.05) is 6.54 Å². The zero-order chi connectivity index (χ0) is 22.3. The summed E-state index contributed by atoms with van der Waals surface area (Å²) >= 11 is 0. The van der Waals surface area contributed by atoms with E-state index in [-0.39, 0.29) is 23.7 Å². The molecule has 0 saturated carbocycles. The highest BCUT2D eigenvalue weighted by atomic mass is 16.6. The van der Waals surface area contributed by atoms with E-state index < -0.39 is 0 Å². The predicted molar refractivity (Wildman–Crippen MR) is 126 cm³/mol. The van der Waals surface area contributed by atoms with Crippen LogP contribution in [0, 0.1) is 11.3 Å². The van der Waals surface area contributed by atoms with E-state index in [1.807, 2.05) is 19.1 Å². The van der Waals surface area contributed by atoms with Gasteiger partial charge < -0.3 is 14.8 Å². The molecule has 1 aliphatic carbocycles. The zero-order valence-electron chi connectivity index (χ0n) is 19.4. The summed E-state index contributed by atoms with van der Waals surface area (Å²) in [6.45, 7) is 10.3. The van der Waals surface area contributed by atoms with Gasteiger partial charge in [-0.15, -0.1) is 0 Å². The van der Waals surface area contributed by atoms with E-state index in [4.69, 9.17) is 9.47 Å². The van der Waals surface area contributed by atoms with E-state index in [0.717, 1.165) is 44.6 Å². The van der Waals surface area contributed by atoms with Crippen molar-refractivity contribution in [2.24, 2.45) is 11.3 Å². The molecule has 170 valence electrons. The molecule has 2 aromatic carbocycles. The fraction of sp³-hybridized carbons (Fsp3) is 0.519. The summed E-state index contributed by atoms with van der Waals surface area (Å²) in [7, 11) is 0. The van der Waals surface area contributed by atoms with E-state index in [2.05, 4.69) is 54.4 Å². The summed E-state index contributed by atoms with van der Waals surface area (Å²) < 4.78 is 11.5. The molecule has 2 bridgehead atoms. The Kier molecular flexibility index (Phi) is 5.62. The number of hydrogen-bond acceptors (Lipinski definition) is 4. The van der Waals surface area contributed by atoms with Crippen molar-refractivity contribution in [1.82, 2.24) is 10.2 Å². The summed E-state index contributed by atoms with van der Waals surface area (Å²) in [5.41, 5.74) is 4.81. The van der Waals surface area contributed by atoms with Crippen molar-refractivity contribution in [3.05, 3.63) is 53.6 Å². The molecule has 5 nitrogen and oxygen atoms in total. The van der Waals surface area contributed by atoms with E-state index in [1.54, 1.807) is 0 Å². The third-order valence-electron chi connectivity index (χ3n) is 7.50. The van der Waals surface area contributed by atoms with Crippen LogP contribution in [-0.4, -0.2) is 43.3 Å². The minimum absolute atomic E-state index is 0.0310. The Morgan fingerprint density at radius 2 is 1.81 bits per heavy atom. The molecule has 2 atom stereocenters. The van der Waals surface area contributed by atoms with Crippen molar-refractivity contribution in [3.63, 3.8) is 0 Å². The number of amides is 1. The number of rotatable bonds is 5. The Bertz CT molecular complexity index is 977. The molecule has 0 spiro atoms. The molecule has 3 fully saturated rings. The van der Waals surface area contributed by atoms with Gasteiger partial charge in [0.2, 0.25) is 0 Å². The lowest BCUT2D eigenvalue weighted by molar-refractivity contribution is -0.0348. The number of carbonyl (C=O) groups is 1. The van der Waals surface area contributed by atoms with Crippen LogP contribution in [0.25, 0.3) is 11.1 Å². The van der Waals surface area contributed by atoms with Crippen molar-refractivity contribution < 1.29 is 14.3 Å². The lowest BCUT2D eigenvalue weighted by atomic mass is 9.85. The van der Waals surface area contributed by atoms with Gasteiger partial charge in [-0.3, -0.25) is 4.90 Å². The third-order valence-corrected chi connectivity index (χ3v) is 7.50. The Hall–Kier alpha value is -2.53. The van der Waals surface area contributed by atoms with E-state index in [9.17, 15) is 4.79 Å². The number of carbonyl (C=O) groups excluding carboxylic acids is 1. The number of nitrogens with zero attached hydrogens (tertiary/aromatic N) is 1. The minimum atomic E-state index is -0.273. The monoisotopic (exact) mass is 434 g/mol. The molecule has 5 heteroatoms. The van der Waals surface area contributed by atoms with Gasteiger partial charge in [-0.25, -0.2) is 4.79 Å². The molecule has 1 amide bonds. The van der Waals surface area contributed by atoms with Crippen LogP contribution in [0.5, 0.6) is 5.75 Å². The number of nitrogens with one attached hydrogen (secondary N) is 1. The first-order chi connectivity index (χ1) is 15.4. The van der Waals surface area contributed by atoms with Crippen LogP contribution in [-0.2, 0) is 11.2 Å². The molecule has 1 N–H and O–H groups in total. The van der Waals surface area contributed by atoms with Crippen molar-refractivity contribution in [2.45, 2.75) is 52.2 Å². The number of hydrogen-bond donors (Lipinski definition) is 1. The average molecular weight is 435 g/mol. The number of fused-ring (bicyclic) bond motifs is 4. The molecule has 6 rings (SSSR count). The lowest BCUT2D eigenvalue weighted by Gasteiger charge is -2.44. The van der Waals surface area contributed by atoms with Gasteiger partial charge in [0.15, 0.2) is 0 Å². The molecule has 0 radical (unpaired) electrons. The third kappa shape index (κ3) is 4.11. The minimum Gasteiger partial charge on any atom is -0.494 e. The summed E-state index contributed by atoms with van der Waals surface area (Å²) in [4.78, 5) is 15.3. The molecule has 32 heavy (non-hydrogen) atoms. The van der Waals surface area contributed by atoms with Crippen LogP contribution in [0.1, 0.15) is 50.8 Å². The van der Waals surface area contributed by atoms with E-state index in [0.29, 0.717) is 12.5 Å². The molecule has 3 saturated heterocycles. The Balaban J connectivity index is 1.30. The summed E-state index contributed by atoms with van der Waals surface area (Å²) in [5.74, 6) is 1.41. The molecule has 3 heterocycles. The van der Waals surface area contributed by atoms with Gasteiger partial charge in [-0.2, -0.15) is 0 Å². The van der Waals surface area contributed by atoms with Gasteiger partial charge in [0.1, 0.15) is 11.9 Å². The number of benzene rings is 2. The number of alkyl carbamates (subject to hydrolysis) is 1. The molecule has 2 aromatic rings. The zero-order valence-corrected chi connectivity index (χ0v) is 19.4. The van der Waals surface area contributed by atoms with Gasteiger partial charge in [0.05, 0.1) is 12.6 Å². The topological polar surface area (TPSA) is 50.8 Å². The second-order valence-electron chi connectivity index (χ2n) is 10.2. The molecule has 0 aromatic heterocycles. The van der Waals surface area contributed by atoms with Gasteiger partial charge >= 0.3 is 6.09 Å². The van der Waals surface area contributed by atoms with Crippen molar-refractivity contribution in [2.75, 3.05) is 26.2 Å². The molecule has 3 aliphatic heterocycles. The molecule has 1 unspecified atom stereocenters. The first kappa shape index (κ1) is 21.3. The Morgan fingerprint density at radius 1 is 1.09 bits per heavy atom. The highest BCUT2D eigenvalue weighted by molar-refractivity contribution is 5.70. The lowest BCUT2D eigenvalue weighted by Crippen LogP contribution is -2.53. The second-order valence-corrected chi connectivity index (χ2v) is 10.2. The highest BCUT2D eigenvalue weighted by Gasteiger charge is 2.42. The number of piperidine rings is 3. The summed E-state index contributed by atoms with van der Waals surface area (Å²) in [6, 6.07) is 14.8. The fourth-order valence-corrected chi connectivity index (χ4v) is 5.75. The van der Waals surface area contributed by atoms with Crippen LogP contribution < -0.4 is 10.1 Å². The van der Waals surface area contributed by atoms with Crippen LogP contribution in [0.2, 0.25) is 0 Å². The summed E-state index contributed by atoms with van der Waals surface area (Å²) in [5, 5.41) is 3.22. The smallest absolute Gasteiger partial charge is 0.407 e. The van der Waals surface area contributed by atoms with Crippen LogP contribution >= 0.6 is 0 Å². The van der Waals surface area contributed by atoms with Gasteiger partial charge in [0.25, 0.3) is 0 Å². The van der Waals surface area contributed by atoms with Crippen LogP contribution in [0.15, 0.2) is 42.5 Å². The Labute approximate surface area is 191 Å². The second kappa shape index (κ2) is 8.43. The Morgan fingerprint density at radius 3 is 2.47 bits per heavy atom. The normalized spacial score (nSPS) is 27.6. The van der Waals surface area contributed by atoms with Gasteiger partial charge in [-0.05, 0) is 85.0 Å². The first-order valence-corrected chi connectivity index (χ1v) is 12.0. The quantitative estimate of drug-likeness (QED) is 0.703. The van der Waals surface area contributed by atoms with Crippen LogP contribution in [0.4, 0.5) is 4.79 Å². The maximum Gasteiger partial charge on any atom is 0.407 e. The van der Waals surface area contributed by atoms with E-state index >= 15 is 0 Å². The maximum atomic E-state index is 12.9. The van der Waals surface area contributed by atoms with E-state index in [1.165, 1.54) is 22.3 Å². The standard InChI is InChI=1S/C27H34N2O3/c1-4-31-22-8-5-18(6-9-22)20-7-10-23-21(15-20)16-27(2,3)25(23)28-26(30)32-24-17-29-13-11-19(24)12-14-29/h5-10,15,19,24-25H,4,11-14,16-17H2,1-3H3,(H,28,30)/t24-,25?/m0/s1. The number of ether oxygens (including phenoxy) is 2. The van der Waals surface area contributed by atoms with Crippen LogP contribution in [0.3, 0.4) is 0 Å². The van der Waals surface area contributed by atoms with Gasteiger partial charge in [-0.1, -0.05) is 44.2 Å². The average Bonchev–Trinajstić information content (AvgIpc) is 3.04. The highest BCUT2D eigenvalue weighted by Crippen LogP contribution is 2.46. The largest absolute Gasteiger partial charge is 0.494 e. The maximum absolute atomic E-state index is 12.9. The van der Waals surface area contributed by atoms with Crippen molar-refractivity contribution in [1.29, 1.82) is 0 Å². The van der Waals surface area contributed by atoms with Crippen molar-refractivity contribution >= 4 is 6.09 Å². The molecule has 4 aliphatic rings. The van der Waals surface area contributed by atoms with Crippen molar-refractivity contribution in [3.8, 4) is 16.9 Å². The predicted octanol–water partition coefficient (Wildman–Crippen LogP) is 5.20. The fourth-order valence-electron chi connectivity index (χ4n) is 5.75. The molecular weight excluding hydrogens is 400 g/mol.